The van der Waals surface area contributed by atoms with Crippen molar-refractivity contribution < 1.29 is 24.1 Å². The summed E-state index contributed by atoms with van der Waals surface area (Å²) in [6.07, 6.45) is 0.709. The quantitative estimate of drug-likeness (QED) is 0.891. The first-order valence-corrected chi connectivity index (χ1v) is 7.91. The van der Waals surface area contributed by atoms with Crippen molar-refractivity contribution in [3.8, 4) is 17.2 Å². The van der Waals surface area contributed by atoms with Crippen LogP contribution in [0.1, 0.15) is 23.4 Å². The smallest absolute Gasteiger partial charge is 0.231 e. The summed E-state index contributed by atoms with van der Waals surface area (Å²) in [4.78, 5) is 0. The Balaban J connectivity index is 0.00000240. The van der Waals surface area contributed by atoms with Gasteiger partial charge in [0.15, 0.2) is 11.5 Å². The van der Waals surface area contributed by atoms with E-state index in [1.54, 1.807) is 12.1 Å². The lowest BCUT2D eigenvalue weighted by atomic mass is 9.81. The molecule has 2 aromatic rings. The van der Waals surface area contributed by atoms with Crippen LogP contribution in [0.2, 0.25) is 0 Å². The molecular formula is C19H21ClFNO3. The highest BCUT2D eigenvalue weighted by atomic mass is 35.5. The topological polar surface area (TPSA) is 39.7 Å². The summed E-state index contributed by atoms with van der Waals surface area (Å²) in [6, 6.07) is 10.6. The summed E-state index contributed by atoms with van der Waals surface area (Å²) >= 11 is 0. The first kappa shape index (κ1) is 13.3. The van der Waals surface area contributed by atoms with E-state index < -0.39 is 19.2 Å². The van der Waals surface area contributed by atoms with Gasteiger partial charge in [-0.3, -0.25) is 0 Å². The third-order valence-electron chi connectivity index (χ3n) is 4.33. The van der Waals surface area contributed by atoms with E-state index in [1.165, 1.54) is 30.3 Å². The number of hydrogen-bond acceptors (Lipinski definition) is 4. The molecular weight excluding hydrogens is 345 g/mol. The van der Waals surface area contributed by atoms with Crippen molar-refractivity contribution in [2.24, 2.45) is 5.92 Å². The minimum absolute atomic E-state index is 0. The maximum atomic E-state index is 13.3. The number of piperidine rings is 1. The molecule has 0 saturated carbocycles. The van der Waals surface area contributed by atoms with Crippen LogP contribution in [0.25, 0.3) is 0 Å². The Hall–Kier alpha value is -1.98. The molecule has 2 heterocycles. The highest BCUT2D eigenvalue weighted by Crippen LogP contribution is 2.36. The van der Waals surface area contributed by atoms with E-state index in [0.717, 1.165) is 12.1 Å². The van der Waals surface area contributed by atoms with Gasteiger partial charge in [0.05, 0.1) is 9.30 Å². The number of benzene rings is 2. The van der Waals surface area contributed by atoms with Gasteiger partial charge in [0, 0.05) is 18.5 Å². The Morgan fingerprint density at radius 2 is 2.00 bits per heavy atom. The second-order valence-electron chi connectivity index (χ2n) is 5.87. The van der Waals surface area contributed by atoms with Crippen molar-refractivity contribution in [1.82, 2.24) is 5.32 Å². The zero-order chi connectivity index (χ0) is 19.9. The summed E-state index contributed by atoms with van der Waals surface area (Å²) in [5, 5.41) is 3.20. The Kier molecular flexibility index (Phi) is 4.21. The first-order valence-electron chi connectivity index (χ1n) is 9.91. The zero-order valence-electron chi connectivity index (χ0n) is 17.3. The van der Waals surface area contributed by atoms with Crippen molar-refractivity contribution in [1.29, 1.82) is 0 Å². The van der Waals surface area contributed by atoms with Gasteiger partial charge in [-0.1, -0.05) is 12.1 Å². The molecule has 1 fully saturated rings. The maximum absolute atomic E-state index is 13.3. The summed E-state index contributed by atoms with van der Waals surface area (Å²) in [5.41, 5.74) is 0.874. The van der Waals surface area contributed by atoms with Gasteiger partial charge >= 0.3 is 0 Å². The minimum atomic E-state index is -2.25. The standard InChI is InChI=1S/C19H20FNO3.ClH/c20-15-3-1-13(2-4-15)17-7-8-21-10-14(17)11-22-16-5-6-18-19(9-16)24-12-23-18;/h1-6,9,14,17,21H,7-8,10-12H2;1H/t14-,17-;/m0./s1/i11D2,12D2;. The van der Waals surface area contributed by atoms with Crippen molar-refractivity contribution in [2.45, 2.75) is 12.3 Å². The van der Waals surface area contributed by atoms with Crippen molar-refractivity contribution in [3.05, 3.63) is 53.8 Å². The van der Waals surface area contributed by atoms with Crippen molar-refractivity contribution in [3.63, 3.8) is 0 Å². The molecule has 0 amide bonds. The number of ether oxygens (including phenoxy) is 3. The van der Waals surface area contributed by atoms with Gasteiger partial charge in [-0.05, 0) is 48.7 Å². The highest BCUT2D eigenvalue weighted by Gasteiger charge is 2.27. The first-order chi connectivity index (χ1) is 13.2. The number of nitrogens with one attached hydrogen (secondary N) is 1. The molecule has 0 radical (unpaired) electrons. The lowest BCUT2D eigenvalue weighted by Gasteiger charge is -2.32. The molecule has 1 N–H and O–H groups in total. The molecule has 4 nitrogen and oxygen atoms in total. The van der Waals surface area contributed by atoms with Gasteiger partial charge in [0.2, 0.25) is 6.75 Å². The molecule has 0 bridgehead atoms. The zero-order valence-corrected chi connectivity index (χ0v) is 14.1. The van der Waals surface area contributed by atoms with Crippen molar-refractivity contribution in [2.75, 3.05) is 26.4 Å². The molecule has 25 heavy (non-hydrogen) atoms. The van der Waals surface area contributed by atoms with Gasteiger partial charge in [0.1, 0.15) is 14.3 Å². The van der Waals surface area contributed by atoms with E-state index in [2.05, 4.69) is 5.32 Å². The molecule has 1 saturated heterocycles. The lowest BCUT2D eigenvalue weighted by Crippen LogP contribution is -2.38. The Morgan fingerprint density at radius 3 is 2.84 bits per heavy atom. The minimum Gasteiger partial charge on any atom is -0.493 e. The van der Waals surface area contributed by atoms with Gasteiger partial charge in [-0.15, -0.1) is 12.4 Å². The van der Waals surface area contributed by atoms with Crippen LogP contribution >= 0.6 is 12.4 Å². The second kappa shape index (κ2) is 7.93. The normalized spacial score (nSPS) is 26.4. The molecule has 0 spiro atoms. The van der Waals surface area contributed by atoms with Crippen LogP contribution in [0.15, 0.2) is 42.5 Å². The maximum Gasteiger partial charge on any atom is 0.231 e. The molecule has 0 aliphatic carbocycles. The van der Waals surface area contributed by atoms with E-state index in [4.69, 9.17) is 19.7 Å². The van der Waals surface area contributed by atoms with Crippen LogP contribution < -0.4 is 19.5 Å². The second-order valence-corrected chi connectivity index (χ2v) is 5.87. The van der Waals surface area contributed by atoms with Gasteiger partial charge in [-0.25, -0.2) is 4.39 Å². The Morgan fingerprint density at radius 1 is 1.20 bits per heavy atom. The lowest BCUT2D eigenvalue weighted by molar-refractivity contribution is 0.173. The average Bonchev–Trinajstić information content (AvgIpc) is 2.95. The van der Waals surface area contributed by atoms with Crippen molar-refractivity contribution >= 4 is 12.4 Å². The van der Waals surface area contributed by atoms with Gasteiger partial charge in [0.25, 0.3) is 0 Å². The van der Waals surface area contributed by atoms with E-state index in [0.29, 0.717) is 13.0 Å². The summed E-state index contributed by atoms with van der Waals surface area (Å²) in [7, 11) is 0. The predicted octanol–water partition coefficient (Wildman–Crippen LogP) is 3.75. The molecule has 6 heteroatoms. The van der Waals surface area contributed by atoms with Crippen LogP contribution in [0.4, 0.5) is 4.39 Å². The molecule has 2 aromatic carbocycles. The third kappa shape index (κ3) is 3.99. The largest absolute Gasteiger partial charge is 0.493 e. The molecule has 2 aliphatic rings. The fourth-order valence-corrected chi connectivity index (χ4v) is 3.06. The van der Waals surface area contributed by atoms with Gasteiger partial charge < -0.3 is 19.5 Å². The fraction of sp³-hybridized carbons (Fsp3) is 0.368. The van der Waals surface area contributed by atoms with Crippen LogP contribution in [-0.2, 0) is 0 Å². The number of fused-ring (bicyclic) bond motifs is 1. The van der Waals surface area contributed by atoms with E-state index in [1.807, 2.05) is 0 Å². The van der Waals surface area contributed by atoms with Gasteiger partial charge in [-0.2, -0.15) is 0 Å². The number of rotatable bonds is 4. The summed E-state index contributed by atoms with van der Waals surface area (Å²) < 4.78 is 61.1. The Bertz CT molecular complexity index is 869. The monoisotopic (exact) mass is 369 g/mol. The SMILES string of the molecule is Cl.[2H]C1([2H])Oc2ccc(OC([2H])([2H])[C@@H]3CNCC[C@H]3c3ccc(F)cc3)cc2O1. The van der Waals surface area contributed by atoms with E-state index in [-0.39, 0.29) is 41.4 Å². The highest BCUT2D eigenvalue weighted by molar-refractivity contribution is 5.85. The molecule has 0 unspecified atom stereocenters. The predicted molar refractivity (Wildman–Crippen MR) is 95.4 cm³/mol. The molecule has 4 rings (SSSR count). The Labute approximate surface area is 158 Å². The fourth-order valence-electron chi connectivity index (χ4n) is 3.06. The van der Waals surface area contributed by atoms with Crippen LogP contribution in [0, 0.1) is 11.7 Å². The third-order valence-corrected chi connectivity index (χ3v) is 4.33. The molecule has 134 valence electrons. The van der Waals surface area contributed by atoms with Crippen LogP contribution in [0.3, 0.4) is 0 Å². The molecule has 2 atom stereocenters. The summed E-state index contributed by atoms with van der Waals surface area (Å²) in [5.74, 6) is -0.331. The van der Waals surface area contributed by atoms with Crippen LogP contribution in [0.5, 0.6) is 17.2 Å². The van der Waals surface area contributed by atoms with Crippen LogP contribution in [-0.4, -0.2) is 26.4 Å². The summed E-state index contributed by atoms with van der Waals surface area (Å²) in [6.45, 7) is -3.10. The average molecular weight is 370 g/mol. The van der Waals surface area contributed by atoms with E-state index in [9.17, 15) is 4.39 Å². The van der Waals surface area contributed by atoms with E-state index >= 15 is 0 Å². The molecule has 0 aromatic heterocycles. The number of halogens is 2. The molecule has 2 aliphatic heterocycles. The number of hydrogen-bond donors (Lipinski definition) is 1.